The average molecular weight is 503 g/mol. The third-order valence-electron chi connectivity index (χ3n) is 2.66. The zero-order chi connectivity index (χ0) is 15.7. The van der Waals surface area contributed by atoms with E-state index in [0.29, 0.717) is 3.57 Å². The second kappa shape index (κ2) is 6.46. The van der Waals surface area contributed by atoms with Crippen molar-refractivity contribution >= 4 is 57.1 Å². The third-order valence-corrected chi connectivity index (χ3v) is 4.11. The van der Waals surface area contributed by atoms with E-state index in [4.69, 9.17) is 0 Å². The number of carboxylic acids is 1. The van der Waals surface area contributed by atoms with E-state index < -0.39 is 23.3 Å². The van der Waals surface area contributed by atoms with Gasteiger partial charge in [-0.05, 0) is 62.7 Å². The highest BCUT2D eigenvalue weighted by Crippen LogP contribution is 2.28. The highest BCUT2D eigenvalue weighted by molar-refractivity contribution is 14.1. The highest BCUT2D eigenvalue weighted by Gasteiger charge is 2.33. The Kier molecular flexibility index (Phi) is 5.64. The summed E-state index contributed by atoms with van der Waals surface area (Å²) in [7, 11) is 0. The van der Waals surface area contributed by atoms with Crippen molar-refractivity contribution in [2.75, 3.05) is 0 Å². The Hall–Kier alpha value is -0.580. The number of rotatable bonds is 3. The Balaban J connectivity index is 3.11. The molecule has 1 atom stereocenters. The fourth-order valence-corrected chi connectivity index (χ4v) is 3.44. The molecule has 1 amide bonds. The fraction of sp³-hybridized carbons (Fsp3) is 0.385. The van der Waals surface area contributed by atoms with Gasteiger partial charge >= 0.3 is 5.97 Å². The van der Waals surface area contributed by atoms with Gasteiger partial charge in [0.2, 0.25) is 0 Å². The molecule has 1 rings (SSSR count). The Labute approximate surface area is 144 Å². The van der Waals surface area contributed by atoms with Gasteiger partial charge in [-0.15, -0.1) is 0 Å². The van der Waals surface area contributed by atoms with E-state index >= 15 is 0 Å². The molecule has 0 aromatic heterocycles. The van der Waals surface area contributed by atoms with Crippen molar-refractivity contribution in [3.8, 4) is 5.75 Å². The lowest BCUT2D eigenvalue weighted by Crippen LogP contribution is -2.49. The summed E-state index contributed by atoms with van der Waals surface area (Å²) in [6.07, 6.45) is 0. The molecule has 0 aliphatic heterocycles. The number of carbonyl (C=O) groups excluding carboxylic acids is 1. The van der Waals surface area contributed by atoms with E-state index in [9.17, 15) is 19.8 Å². The molecule has 1 aromatic carbocycles. The van der Waals surface area contributed by atoms with E-state index in [-0.39, 0.29) is 11.3 Å². The number of amides is 1. The van der Waals surface area contributed by atoms with Crippen molar-refractivity contribution in [1.82, 2.24) is 5.32 Å². The number of hydrogen-bond acceptors (Lipinski definition) is 3. The van der Waals surface area contributed by atoms with Crippen LogP contribution < -0.4 is 5.32 Å². The average Bonchev–Trinajstić information content (AvgIpc) is 2.28. The second-order valence-electron chi connectivity index (χ2n) is 5.39. The largest absolute Gasteiger partial charge is 0.506 e. The van der Waals surface area contributed by atoms with Crippen molar-refractivity contribution in [3.05, 3.63) is 24.8 Å². The van der Waals surface area contributed by atoms with Crippen molar-refractivity contribution in [2.45, 2.75) is 26.8 Å². The van der Waals surface area contributed by atoms with Gasteiger partial charge in [-0.2, -0.15) is 0 Å². The smallest absolute Gasteiger partial charge is 0.326 e. The molecule has 0 bridgehead atoms. The maximum Gasteiger partial charge on any atom is 0.326 e. The number of hydrogen-bond donors (Lipinski definition) is 3. The van der Waals surface area contributed by atoms with Gasteiger partial charge < -0.3 is 15.5 Å². The minimum atomic E-state index is -1.11. The van der Waals surface area contributed by atoms with Crippen LogP contribution in [-0.2, 0) is 4.79 Å². The number of nitrogens with one attached hydrogen (secondary N) is 1. The predicted octanol–water partition coefficient (Wildman–Crippen LogP) is 2.83. The van der Waals surface area contributed by atoms with Crippen molar-refractivity contribution in [1.29, 1.82) is 0 Å². The predicted molar refractivity (Wildman–Crippen MR) is 91.9 cm³/mol. The topological polar surface area (TPSA) is 86.6 Å². The van der Waals surface area contributed by atoms with E-state index in [1.54, 1.807) is 26.8 Å². The Morgan fingerprint density at radius 1 is 1.25 bits per heavy atom. The summed E-state index contributed by atoms with van der Waals surface area (Å²) in [4.78, 5) is 23.4. The van der Waals surface area contributed by atoms with E-state index in [1.165, 1.54) is 6.07 Å². The second-order valence-corrected chi connectivity index (χ2v) is 7.80. The van der Waals surface area contributed by atoms with Gasteiger partial charge in [0.1, 0.15) is 11.8 Å². The lowest BCUT2D eigenvalue weighted by Gasteiger charge is -2.27. The molecule has 7 heteroatoms. The van der Waals surface area contributed by atoms with Crippen LogP contribution in [0.1, 0.15) is 31.1 Å². The molecule has 0 saturated heterocycles. The molecule has 0 spiro atoms. The molecule has 20 heavy (non-hydrogen) atoms. The Morgan fingerprint density at radius 3 is 2.25 bits per heavy atom. The molecule has 3 N–H and O–H groups in total. The van der Waals surface area contributed by atoms with Gasteiger partial charge in [0.15, 0.2) is 0 Å². The first-order valence-electron chi connectivity index (χ1n) is 5.75. The first kappa shape index (κ1) is 17.5. The molecule has 110 valence electrons. The number of aromatic hydroxyl groups is 1. The van der Waals surface area contributed by atoms with Crippen LogP contribution in [0.2, 0.25) is 0 Å². The summed E-state index contributed by atoms with van der Waals surface area (Å²) in [5.41, 5.74) is -0.552. The quantitative estimate of drug-likeness (QED) is 0.555. The van der Waals surface area contributed by atoms with Gasteiger partial charge in [0, 0.05) is 3.57 Å². The Bertz CT molecular complexity index is 552. The highest BCUT2D eigenvalue weighted by atomic mass is 127. The summed E-state index contributed by atoms with van der Waals surface area (Å²) in [6, 6.07) is 2.21. The zero-order valence-corrected chi connectivity index (χ0v) is 15.5. The van der Waals surface area contributed by atoms with Crippen LogP contribution in [0.25, 0.3) is 0 Å². The van der Waals surface area contributed by atoms with Gasteiger partial charge in [-0.25, -0.2) is 4.79 Å². The molecule has 0 radical (unpaired) electrons. The Morgan fingerprint density at radius 2 is 1.80 bits per heavy atom. The summed E-state index contributed by atoms with van der Waals surface area (Å²) >= 11 is 3.95. The summed E-state index contributed by atoms with van der Waals surface area (Å²) < 4.78 is 1.33. The zero-order valence-electron chi connectivity index (χ0n) is 11.2. The van der Waals surface area contributed by atoms with Crippen LogP contribution >= 0.6 is 45.2 Å². The number of phenolic OH excluding ortho intramolecular Hbond substituents is 1. The van der Waals surface area contributed by atoms with E-state index in [1.807, 2.05) is 45.2 Å². The summed E-state index contributed by atoms with van der Waals surface area (Å²) in [5, 5.41) is 21.6. The van der Waals surface area contributed by atoms with Crippen molar-refractivity contribution in [3.63, 3.8) is 0 Å². The lowest BCUT2D eigenvalue weighted by molar-refractivity contribution is -0.142. The number of phenols is 1. The van der Waals surface area contributed by atoms with Crippen molar-refractivity contribution < 1.29 is 19.8 Å². The number of halogens is 2. The minimum absolute atomic E-state index is 0.0804. The molecular weight excluding hydrogens is 488 g/mol. The fourth-order valence-electron chi connectivity index (χ4n) is 1.60. The number of benzene rings is 1. The summed E-state index contributed by atoms with van der Waals surface area (Å²) in [6.45, 7) is 5.18. The molecule has 0 heterocycles. The molecule has 0 aliphatic carbocycles. The maximum atomic E-state index is 12.2. The monoisotopic (exact) mass is 503 g/mol. The molecule has 0 fully saturated rings. The van der Waals surface area contributed by atoms with Crippen LogP contribution in [0, 0.1) is 12.6 Å². The number of aliphatic carboxylic acids is 1. The molecule has 1 unspecified atom stereocenters. The van der Waals surface area contributed by atoms with E-state index in [0.717, 1.165) is 3.57 Å². The lowest BCUT2D eigenvalue weighted by atomic mass is 9.86. The van der Waals surface area contributed by atoms with Crippen LogP contribution in [-0.4, -0.2) is 28.1 Å². The third kappa shape index (κ3) is 4.21. The van der Waals surface area contributed by atoms with Crippen molar-refractivity contribution in [2.24, 2.45) is 5.41 Å². The molecular formula is C13H15I2NO4. The molecule has 5 nitrogen and oxygen atoms in total. The molecule has 0 saturated carbocycles. The maximum absolute atomic E-state index is 12.2. The summed E-state index contributed by atoms with van der Waals surface area (Å²) in [5.74, 6) is -1.84. The first-order valence-corrected chi connectivity index (χ1v) is 7.91. The van der Waals surface area contributed by atoms with Crippen LogP contribution in [0.15, 0.2) is 12.1 Å². The minimum Gasteiger partial charge on any atom is -0.506 e. The SMILES string of the molecule is CC(C)(C)C(NC(=O)c1cc(I)cc(I)c1O)C(=O)O. The number of carboxylic acid groups (broad SMARTS) is 1. The van der Waals surface area contributed by atoms with Crippen LogP contribution in [0.3, 0.4) is 0 Å². The van der Waals surface area contributed by atoms with Crippen LogP contribution in [0.4, 0.5) is 0 Å². The standard InChI is InChI=1S/C13H15I2NO4/c1-13(2,3)10(12(19)20)16-11(18)7-4-6(14)5-8(15)9(7)17/h4-5,10,17H,1-3H3,(H,16,18)(H,19,20). The number of carbonyl (C=O) groups is 2. The molecule has 0 aliphatic rings. The first-order chi connectivity index (χ1) is 9.04. The van der Waals surface area contributed by atoms with Crippen LogP contribution in [0.5, 0.6) is 5.75 Å². The van der Waals surface area contributed by atoms with Gasteiger partial charge in [-0.1, -0.05) is 20.8 Å². The van der Waals surface area contributed by atoms with Gasteiger partial charge in [0.25, 0.3) is 5.91 Å². The van der Waals surface area contributed by atoms with Gasteiger partial charge in [-0.3, -0.25) is 4.79 Å². The van der Waals surface area contributed by atoms with Gasteiger partial charge in [0.05, 0.1) is 9.13 Å². The van der Waals surface area contributed by atoms with E-state index in [2.05, 4.69) is 5.32 Å². The normalized spacial score (nSPS) is 12.8. The molecule has 1 aromatic rings.